The van der Waals surface area contributed by atoms with Crippen LogP contribution in [0, 0.1) is 5.92 Å². The van der Waals surface area contributed by atoms with Gasteiger partial charge in [0, 0.05) is 19.6 Å². The maximum Gasteiger partial charge on any atom is 0.326 e. The van der Waals surface area contributed by atoms with Gasteiger partial charge in [0.15, 0.2) is 0 Å². The van der Waals surface area contributed by atoms with Crippen LogP contribution in [0.2, 0.25) is 0 Å². The van der Waals surface area contributed by atoms with Gasteiger partial charge in [-0.15, -0.1) is 0 Å². The molecule has 8 heteroatoms. The van der Waals surface area contributed by atoms with E-state index in [9.17, 15) is 14.4 Å². The Bertz CT molecular complexity index is 611. The van der Waals surface area contributed by atoms with Crippen molar-refractivity contribution in [2.24, 2.45) is 5.92 Å². The number of hydrogen-bond acceptors (Lipinski definition) is 5. The van der Waals surface area contributed by atoms with Crippen molar-refractivity contribution in [1.82, 2.24) is 20.0 Å². The van der Waals surface area contributed by atoms with Crippen LogP contribution in [0.5, 0.6) is 0 Å². The number of nitrogens with one attached hydrogen (secondary N) is 1. The highest BCUT2D eigenvalue weighted by atomic mass is 16.5. The molecule has 28 heavy (non-hydrogen) atoms. The number of hydrogen-bond donors (Lipinski definition) is 1. The molecule has 4 amide bonds. The number of piperidine rings is 1. The van der Waals surface area contributed by atoms with Gasteiger partial charge >= 0.3 is 6.03 Å². The van der Waals surface area contributed by atoms with Crippen LogP contribution < -0.4 is 5.32 Å². The molecule has 4 aliphatic rings. The molecule has 1 atom stereocenters. The lowest BCUT2D eigenvalue weighted by Crippen LogP contribution is -2.51. The van der Waals surface area contributed by atoms with Gasteiger partial charge in [0.2, 0.25) is 5.91 Å². The zero-order chi connectivity index (χ0) is 19.6. The van der Waals surface area contributed by atoms with Gasteiger partial charge < -0.3 is 15.0 Å². The van der Waals surface area contributed by atoms with Gasteiger partial charge in [0.25, 0.3) is 5.91 Å². The third-order valence-corrected chi connectivity index (χ3v) is 6.72. The third-order valence-electron chi connectivity index (χ3n) is 6.72. The SMILES string of the molecule is O=C([C@H]1CCCN(CN2C(=O)NC3(CCCCCC3)C2=O)C1)N1CCOCC1. The first-order chi connectivity index (χ1) is 13.6. The molecule has 8 nitrogen and oxygen atoms in total. The normalized spacial score (nSPS) is 29.1. The number of amides is 4. The summed E-state index contributed by atoms with van der Waals surface area (Å²) >= 11 is 0. The topological polar surface area (TPSA) is 82.2 Å². The van der Waals surface area contributed by atoms with Crippen molar-refractivity contribution in [3.63, 3.8) is 0 Å². The molecule has 1 N–H and O–H groups in total. The van der Waals surface area contributed by atoms with Crippen molar-refractivity contribution in [3.8, 4) is 0 Å². The largest absolute Gasteiger partial charge is 0.378 e. The molecule has 156 valence electrons. The van der Waals surface area contributed by atoms with Gasteiger partial charge in [0.1, 0.15) is 5.54 Å². The summed E-state index contributed by atoms with van der Waals surface area (Å²) in [4.78, 5) is 43.9. The van der Waals surface area contributed by atoms with E-state index in [0.717, 1.165) is 57.9 Å². The zero-order valence-electron chi connectivity index (χ0n) is 16.7. The molecular weight excluding hydrogens is 360 g/mol. The summed E-state index contributed by atoms with van der Waals surface area (Å²) in [6, 6.07) is -0.270. The number of likely N-dealkylation sites (tertiary alicyclic amines) is 1. The highest BCUT2D eigenvalue weighted by Crippen LogP contribution is 2.33. The molecule has 1 aliphatic carbocycles. The summed E-state index contributed by atoms with van der Waals surface area (Å²) in [5.74, 6) is 0.0610. The van der Waals surface area contributed by atoms with Gasteiger partial charge in [0.05, 0.1) is 25.8 Å². The number of rotatable bonds is 3. The molecule has 3 aliphatic heterocycles. The van der Waals surface area contributed by atoms with Crippen molar-refractivity contribution in [2.45, 2.75) is 56.9 Å². The van der Waals surface area contributed by atoms with Crippen LogP contribution in [-0.4, -0.2) is 84.1 Å². The van der Waals surface area contributed by atoms with Gasteiger partial charge in [-0.25, -0.2) is 9.69 Å². The predicted molar refractivity (Wildman–Crippen MR) is 102 cm³/mol. The van der Waals surface area contributed by atoms with Crippen LogP contribution in [-0.2, 0) is 14.3 Å². The van der Waals surface area contributed by atoms with Crippen LogP contribution in [0.3, 0.4) is 0 Å². The molecule has 0 aromatic rings. The maximum absolute atomic E-state index is 13.1. The Hall–Kier alpha value is -1.67. The number of nitrogens with zero attached hydrogens (tertiary/aromatic N) is 3. The molecule has 1 spiro atoms. The van der Waals surface area contributed by atoms with Gasteiger partial charge in [-0.05, 0) is 32.2 Å². The van der Waals surface area contributed by atoms with Gasteiger partial charge in [-0.2, -0.15) is 0 Å². The monoisotopic (exact) mass is 392 g/mol. The van der Waals surface area contributed by atoms with Crippen LogP contribution in [0.15, 0.2) is 0 Å². The zero-order valence-corrected chi connectivity index (χ0v) is 16.7. The smallest absolute Gasteiger partial charge is 0.326 e. The first kappa shape index (κ1) is 19.6. The number of carbonyl (C=O) groups is 3. The standard InChI is InChI=1S/C20H32N4O4/c25-17(23-10-12-28-13-11-23)16-6-5-9-22(14-16)15-24-18(26)20(21-19(24)27)7-3-1-2-4-8-20/h16H,1-15H2,(H,21,27)/t16-/m0/s1. The Morgan fingerprint density at radius 2 is 1.75 bits per heavy atom. The molecule has 1 saturated carbocycles. The minimum absolute atomic E-state index is 0.0561. The Balaban J connectivity index is 1.37. The fourth-order valence-corrected chi connectivity index (χ4v) is 5.10. The van der Waals surface area contributed by atoms with Crippen LogP contribution >= 0.6 is 0 Å². The molecule has 4 rings (SSSR count). The van der Waals surface area contributed by atoms with E-state index in [4.69, 9.17) is 4.74 Å². The fraction of sp³-hybridized carbons (Fsp3) is 0.850. The number of morpholine rings is 1. The van der Waals surface area contributed by atoms with E-state index in [2.05, 4.69) is 10.2 Å². The lowest BCUT2D eigenvalue weighted by molar-refractivity contribution is -0.142. The van der Waals surface area contributed by atoms with E-state index in [1.165, 1.54) is 4.90 Å². The van der Waals surface area contributed by atoms with Crippen molar-refractivity contribution in [1.29, 1.82) is 0 Å². The van der Waals surface area contributed by atoms with Gasteiger partial charge in [-0.3, -0.25) is 14.5 Å². The second kappa shape index (κ2) is 8.37. The van der Waals surface area contributed by atoms with Crippen molar-refractivity contribution < 1.29 is 19.1 Å². The molecule has 0 unspecified atom stereocenters. The Morgan fingerprint density at radius 3 is 2.46 bits per heavy atom. The minimum atomic E-state index is -0.688. The van der Waals surface area contributed by atoms with E-state index in [1.807, 2.05) is 4.90 Å². The Morgan fingerprint density at radius 1 is 1.04 bits per heavy atom. The first-order valence-electron chi connectivity index (χ1n) is 10.8. The molecule has 0 bridgehead atoms. The van der Waals surface area contributed by atoms with Crippen LogP contribution in [0.25, 0.3) is 0 Å². The lowest BCUT2D eigenvalue weighted by Gasteiger charge is -2.37. The molecule has 3 heterocycles. The van der Waals surface area contributed by atoms with E-state index in [-0.39, 0.29) is 23.8 Å². The van der Waals surface area contributed by atoms with Crippen LogP contribution in [0.1, 0.15) is 51.4 Å². The van der Waals surface area contributed by atoms with E-state index in [1.54, 1.807) is 0 Å². The summed E-state index contributed by atoms with van der Waals surface area (Å²) in [6.07, 6.45) is 7.49. The second-order valence-electron chi connectivity index (χ2n) is 8.65. The fourth-order valence-electron chi connectivity index (χ4n) is 5.10. The van der Waals surface area contributed by atoms with Crippen molar-refractivity contribution in [2.75, 3.05) is 46.1 Å². The number of imide groups is 1. The third kappa shape index (κ3) is 3.89. The molecule has 0 radical (unpaired) electrons. The van der Waals surface area contributed by atoms with E-state index < -0.39 is 5.54 Å². The second-order valence-corrected chi connectivity index (χ2v) is 8.65. The summed E-state index contributed by atoms with van der Waals surface area (Å²) in [5.41, 5.74) is -0.688. The summed E-state index contributed by atoms with van der Waals surface area (Å²) in [6.45, 7) is 4.24. The molecule has 0 aromatic carbocycles. The average Bonchev–Trinajstić information content (AvgIpc) is 2.88. The minimum Gasteiger partial charge on any atom is -0.378 e. The number of carbonyl (C=O) groups excluding carboxylic acids is 3. The Labute approximate surface area is 166 Å². The summed E-state index contributed by atoms with van der Waals surface area (Å²) in [7, 11) is 0. The predicted octanol–water partition coefficient (Wildman–Crippen LogP) is 1.16. The average molecular weight is 393 g/mol. The highest BCUT2D eigenvalue weighted by Gasteiger charge is 2.51. The molecule has 3 saturated heterocycles. The summed E-state index contributed by atoms with van der Waals surface area (Å²) in [5, 5.41) is 3.01. The van der Waals surface area contributed by atoms with Crippen LogP contribution in [0.4, 0.5) is 4.79 Å². The van der Waals surface area contributed by atoms with Crippen molar-refractivity contribution in [3.05, 3.63) is 0 Å². The molecular formula is C20H32N4O4. The highest BCUT2D eigenvalue weighted by molar-refractivity contribution is 6.07. The number of urea groups is 1. The molecule has 0 aromatic heterocycles. The quantitative estimate of drug-likeness (QED) is 0.729. The van der Waals surface area contributed by atoms with Crippen molar-refractivity contribution >= 4 is 17.8 Å². The van der Waals surface area contributed by atoms with E-state index >= 15 is 0 Å². The molecule has 4 fully saturated rings. The number of ether oxygens (including phenoxy) is 1. The maximum atomic E-state index is 13.1. The van der Waals surface area contributed by atoms with E-state index in [0.29, 0.717) is 39.5 Å². The Kier molecular flexibility index (Phi) is 5.87. The summed E-state index contributed by atoms with van der Waals surface area (Å²) < 4.78 is 5.34. The van der Waals surface area contributed by atoms with Gasteiger partial charge in [-0.1, -0.05) is 25.7 Å². The first-order valence-corrected chi connectivity index (χ1v) is 10.8. The lowest BCUT2D eigenvalue weighted by atomic mass is 9.90.